The van der Waals surface area contributed by atoms with E-state index in [2.05, 4.69) is 16.0 Å². The molecule has 28 heavy (non-hydrogen) atoms. The van der Waals surface area contributed by atoms with Gasteiger partial charge in [-0.25, -0.2) is 0 Å². The van der Waals surface area contributed by atoms with E-state index >= 15 is 0 Å². The Bertz CT molecular complexity index is 502. The molecular formula is C18H38N6O4. The second kappa shape index (κ2) is 13.4. The molecule has 10 nitrogen and oxygen atoms in total. The van der Waals surface area contributed by atoms with Crippen molar-refractivity contribution in [2.45, 2.75) is 71.3 Å². The molecule has 6 atom stereocenters. The van der Waals surface area contributed by atoms with Crippen molar-refractivity contribution in [3.8, 4) is 0 Å². The Morgan fingerprint density at radius 3 is 1.93 bits per heavy atom. The van der Waals surface area contributed by atoms with Crippen LogP contribution in [0.25, 0.3) is 0 Å². The molecule has 0 aliphatic rings. The zero-order valence-electron chi connectivity index (χ0n) is 17.4. The average Bonchev–Trinajstić information content (AvgIpc) is 2.63. The fourth-order valence-electron chi connectivity index (χ4n) is 2.53. The standard InChI is InChI=1S/C18H38N6O4/c1-5-10(2)11(3)16(26)22-13(6-8-19)17(27)24-15(12(4)25)18(28)23-14(21)7-9-20/h10-15,25H,5-9,19-21H2,1-4H3,(H,22,26)(H,23,28)(H,24,27)/t10-,11-,12+,13-,14-,15-/m0/s1. The maximum absolute atomic E-state index is 12.6. The Labute approximate surface area is 167 Å². The number of aliphatic hydroxyl groups excluding tert-OH is 1. The van der Waals surface area contributed by atoms with Gasteiger partial charge in [0.05, 0.1) is 12.3 Å². The van der Waals surface area contributed by atoms with Crippen LogP contribution in [-0.2, 0) is 14.4 Å². The van der Waals surface area contributed by atoms with Gasteiger partial charge in [-0.15, -0.1) is 0 Å². The number of rotatable bonds is 13. The molecule has 0 aliphatic carbocycles. The lowest BCUT2D eigenvalue weighted by Gasteiger charge is -2.27. The van der Waals surface area contributed by atoms with Crippen molar-refractivity contribution in [3.05, 3.63) is 0 Å². The largest absolute Gasteiger partial charge is 0.391 e. The van der Waals surface area contributed by atoms with Gasteiger partial charge in [-0.1, -0.05) is 27.2 Å². The van der Waals surface area contributed by atoms with E-state index in [1.807, 2.05) is 13.8 Å². The Hall–Kier alpha value is -1.75. The number of nitrogens with one attached hydrogen (secondary N) is 3. The second-order valence-electron chi connectivity index (χ2n) is 7.23. The molecule has 0 aromatic heterocycles. The van der Waals surface area contributed by atoms with Gasteiger partial charge in [-0.3, -0.25) is 14.4 Å². The molecule has 0 aromatic carbocycles. The van der Waals surface area contributed by atoms with E-state index in [9.17, 15) is 19.5 Å². The smallest absolute Gasteiger partial charge is 0.246 e. The molecule has 10 heteroatoms. The summed E-state index contributed by atoms with van der Waals surface area (Å²) in [5.41, 5.74) is 16.7. The van der Waals surface area contributed by atoms with Crippen molar-refractivity contribution in [3.63, 3.8) is 0 Å². The highest BCUT2D eigenvalue weighted by atomic mass is 16.3. The van der Waals surface area contributed by atoms with Gasteiger partial charge in [-0.2, -0.15) is 0 Å². The van der Waals surface area contributed by atoms with E-state index in [0.29, 0.717) is 6.42 Å². The van der Waals surface area contributed by atoms with Crippen LogP contribution in [-0.4, -0.2) is 60.3 Å². The van der Waals surface area contributed by atoms with Crippen molar-refractivity contribution in [1.29, 1.82) is 0 Å². The first-order chi connectivity index (χ1) is 13.1. The van der Waals surface area contributed by atoms with Gasteiger partial charge >= 0.3 is 0 Å². The van der Waals surface area contributed by atoms with Crippen LogP contribution >= 0.6 is 0 Å². The normalized spacial score (nSPS) is 17.6. The predicted octanol–water partition coefficient (Wildman–Crippen LogP) is -1.88. The number of hydrogen-bond donors (Lipinski definition) is 7. The van der Waals surface area contributed by atoms with Crippen LogP contribution in [0.15, 0.2) is 0 Å². The molecule has 0 fully saturated rings. The molecule has 0 radical (unpaired) electrons. The van der Waals surface area contributed by atoms with Crippen molar-refractivity contribution in [2.75, 3.05) is 13.1 Å². The summed E-state index contributed by atoms with van der Waals surface area (Å²) in [4.78, 5) is 37.4. The first kappa shape index (κ1) is 26.2. The lowest BCUT2D eigenvalue weighted by molar-refractivity contribution is -0.135. The van der Waals surface area contributed by atoms with Crippen LogP contribution in [0.2, 0.25) is 0 Å². The molecule has 0 rings (SSSR count). The average molecular weight is 403 g/mol. The quantitative estimate of drug-likeness (QED) is 0.176. The molecule has 0 aliphatic heterocycles. The third-order valence-electron chi connectivity index (χ3n) is 4.87. The van der Waals surface area contributed by atoms with E-state index in [-0.39, 0.29) is 37.3 Å². The third-order valence-corrected chi connectivity index (χ3v) is 4.87. The highest BCUT2D eigenvalue weighted by molar-refractivity contribution is 5.92. The topological polar surface area (TPSA) is 186 Å². The molecule has 164 valence electrons. The first-order valence-electron chi connectivity index (χ1n) is 9.83. The number of nitrogens with two attached hydrogens (primary N) is 3. The van der Waals surface area contributed by atoms with Gasteiger partial charge in [0.25, 0.3) is 0 Å². The van der Waals surface area contributed by atoms with Crippen molar-refractivity contribution < 1.29 is 19.5 Å². The Balaban J connectivity index is 5.10. The van der Waals surface area contributed by atoms with Gasteiger partial charge in [0.15, 0.2) is 0 Å². The lowest BCUT2D eigenvalue weighted by Crippen LogP contribution is -2.59. The number of carbonyl (C=O) groups excluding carboxylic acids is 3. The van der Waals surface area contributed by atoms with Gasteiger partial charge in [0.2, 0.25) is 17.7 Å². The van der Waals surface area contributed by atoms with Crippen LogP contribution in [0, 0.1) is 11.8 Å². The number of carbonyl (C=O) groups is 3. The summed E-state index contributed by atoms with van der Waals surface area (Å²) in [5, 5.41) is 17.6. The van der Waals surface area contributed by atoms with Gasteiger partial charge in [-0.05, 0) is 38.8 Å². The fourth-order valence-corrected chi connectivity index (χ4v) is 2.53. The van der Waals surface area contributed by atoms with Crippen LogP contribution in [0.5, 0.6) is 0 Å². The van der Waals surface area contributed by atoms with E-state index in [0.717, 1.165) is 6.42 Å². The summed E-state index contributed by atoms with van der Waals surface area (Å²) < 4.78 is 0. The zero-order valence-corrected chi connectivity index (χ0v) is 17.4. The number of aliphatic hydroxyl groups is 1. The summed E-state index contributed by atoms with van der Waals surface area (Å²) >= 11 is 0. The van der Waals surface area contributed by atoms with Crippen molar-refractivity contribution in [2.24, 2.45) is 29.0 Å². The molecule has 10 N–H and O–H groups in total. The van der Waals surface area contributed by atoms with Crippen LogP contribution in [0.3, 0.4) is 0 Å². The maximum Gasteiger partial charge on any atom is 0.246 e. The highest BCUT2D eigenvalue weighted by Crippen LogP contribution is 2.14. The SMILES string of the molecule is CC[C@H](C)[C@H](C)C(=O)N[C@@H](CCN)C(=O)N[C@H](C(=O)N[C@H](N)CCN)[C@@H](C)O. The minimum absolute atomic E-state index is 0.154. The summed E-state index contributed by atoms with van der Waals surface area (Å²) in [5.74, 6) is -1.60. The summed E-state index contributed by atoms with van der Waals surface area (Å²) in [7, 11) is 0. The Morgan fingerprint density at radius 1 is 0.893 bits per heavy atom. The van der Waals surface area contributed by atoms with E-state index < -0.39 is 36.2 Å². The summed E-state index contributed by atoms with van der Waals surface area (Å²) in [6.45, 7) is 7.57. The Kier molecular flexibility index (Phi) is 12.6. The monoisotopic (exact) mass is 402 g/mol. The zero-order chi connectivity index (χ0) is 21.9. The van der Waals surface area contributed by atoms with E-state index in [4.69, 9.17) is 17.2 Å². The third kappa shape index (κ3) is 8.96. The number of hydrogen-bond acceptors (Lipinski definition) is 7. The van der Waals surface area contributed by atoms with E-state index in [1.165, 1.54) is 6.92 Å². The molecule has 0 saturated carbocycles. The van der Waals surface area contributed by atoms with Crippen LogP contribution < -0.4 is 33.2 Å². The Morgan fingerprint density at radius 2 is 1.46 bits per heavy atom. The molecule has 0 spiro atoms. The second-order valence-corrected chi connectivity index (χ2v) is 7.23. The molecule has 0 saturated heterocycles. The van der Waals surface area contributed by atoms with Crippen molar-refractivity contribution >= 4 is 17.7 Å². The molecule has 0 bridgehead atoms. The van der Waals surface area contributed by atoms with Gasteiger partial charge < -0.3 is 38.3 Å². The maximum atomic E-state index is 12.6. The van der Waals surface area contributed by atoms with E-state index in [1.54, 1.807) is 6.92 Å². The highest BCUT2D eigenvalue weighted by Gasteiger charge is 2.31. The molecule has 3 amide bonds. The lowest BCUT2D eigenvalue weighted by atomic mass is 9.92. The molecule has 0 aromatic rings. The summed E-state index contributed by atoms with van der Waals surface area (Å²) in [6, 6.07) is -2.13. The predicted molar refractivity (Wildman–Crippen MR) is 108 cm³/mol. The first-order valence-corrected chi connectivity index (χ1v) is 9.83. The van der Waals surface area contributed by atoms with Gasteiger partial charge in [0.1, 0.15) is 12.1 Å². The minimum Gasteiger partial charge on any atom is -0.391 e. The van der Waals surface area contributed by atoms with Gasteiger partial charge in [0, 0.05) is 5.92 Å². The molecule has 0 heterocycles. The molecular weight excluding hydrogens is 364 g/mol. The fraction of sp³-hybridized carbons (Fsp3) is 0.833. The molecule has 0 unspecified atom stereocenters. The van der Waals surface area contributed by atoms with Crippen molar-refractivity contribution in [1.82, 2.24) is 16.0 Å². The van der Waals surface area contributed by atoms with Crippen LogP contribution in [0.1, 0.15) is 47.0 Å². The number of amides is 3. The van der Waals surface area contributed by atoms with Crippen LogP contribution in [0.4, 0.5) is 0 Å². The minimum atomic E-state index is -1.22. The summed E-state index contributed by atoms with van der Waals surface area (Å²) in [6.07, 6.45) is -0.471.